The SMILES string of the molecule is CN(CC(=O)N1CCCC1)Cc1cc2c(cc1Br)OCCO2. The summed E-state index contributed by atoms with van der Waals surface area (Å²) in [5.41, 5.74) is 1.10. The lowest BCUT2D eigenvalue weighted by Crippen LogP contribution is -2.37. The molecule has 6 heteroatoms. The Hall–Kier alpha value is -1.27. The lowest BCUT2D eigenvalue weighted by Gasteiger charge is -2.23. The molecule has 120 valence electrons. The van der Waals surface area contributed by atoms with Crippen molar-refractivity contribution in [3.8, 4) is 11.5 Å². The average Bonchev–Trinajstić information content (AvgIpc) is 3.02. The fourth-order valence-electron chi connectivity index (χ4n) is 2.87. The third-order valence-electron chi connectivity index (χ3n) is 4.02. The molecule has 0 atom stereocenters. The van der Waals surface area contributed by atoms with E-state index >= 15 is 0 Å². The van der Waals surface area contributed by atoms with Gasteiger partial charge in [-0.2, -0.15) is 0 Å². The maximum Gasteiger partial charge on any atom is 0.236 e. The van der Waals surface area contributed by atoms with Crippen LogP contribution in [0.1, 0.15) is 18.4 Å². The van der Waals surface area contributed by atoms with Crippen molar-refractivity contribution in [1.82, 2.24) is 9.80 Å². The van der Waals surface area contributed by atoms with Gasteiger partial charge in [0.1, 0.15) is 13.2 Å². The topological polar surface area (TPSA) is 42.0 Å². The minimum atomic E-state index is 0.216. The predicted octanol–water partition coefficient (Wildman–Crippen LogP) is 2.27. The number of ether oxygens (including phenoxy) is 2. The van der Waals surface area contributed by atoms with Crippen molar-refractivity contribution >= 4 is 21.8 Å². The monoisotopic (exact) mass is 368 g/mol. The maximum absolute atomic E-state index is 12.2. The molecule has 1 amide bonds. The van der Waals surface area contributed by atoms with Crippen LogP contribution in [0.15, 0.2) is 16.6 Å². The zero-order chi connectivity index (χ0) is 15.5. The van der Waals surface area contributed by atoms with Crippen LogP contribution in [0.4, 0.5) is 0 Å². The fraction of sp³-hybridized carbons (Fsp3) is 0.562. The average molecular weight is 369 g/mol. The highest BCUT2D eigenvalue weighted by atomic mass is 79.9. The number of halogens is 1. The quantitative estimate of drug-likeness (QED) is 0.817. The molecule has 0 spiro atoms. The molecule has 0 bridgehead atoms. The van der Waals surface area contributed by atoms with E-state index in [9.17, 15) is 4.79 Å². The second-order valence-corrected chi connectivity index (χ2v) is 6.70. The molecule has 2 heterocycles. The van der Waals surface area contributed by atoms with Gasteiger partial charge in [-0.25, -0.2) is 0 Å². The van der Waals surface area contributed by atoms with Gasteiger partial charge in [-0.05, 0) is 37.6 Å². The van der Waals surface area contributed by atoms with Gasteiger partial charge in [-0.1, -0.05) is 15.9 Å². The van der Waals surface area contributed by atoms with Crippen molar-refractivity contribution in [3.05, 3.63) is 22.2 Å². The van der Waals surface area contributed by atoms with Crippen LogP contribution >= 0.6 is 15.9 Å². The molecule has 1 aromatic rings. The Labute approximate surface area is 139 Å². The van der Waals surface area contributed by atoms with Crippen LogP contribution < -0.4 is 9.47 Å². The second kappa shape index (κ2) is 6.87. The fourth-order valence-corrected chi connectivity index (χ4v) is 3.32. The van der Waals surface area contributed by atoms with Crippen molar-refractivity contribution < 1.29 is 14.3 Å². The summed E-state index contributed by atoms with van der Waals surface area (Å²) in [5, 5.41) is 0. The van der Waals surface area contributed by atoms with Crippen LogP contribution in [0.25, 0.3) is 0 Å². The zero-order valence-electron chi connectivity index (χ0n) is 12.8. The number of nitrogens with zero attached hydrogens (tertiary/aromatic N) is 2. The first-order valence-electron chi connectivity index (χ1n) is 7.68. The normalized spacial score (nSPS) is 17.1. The van der Waals surface area contributed by atoms with Gasteiger partial charge in [0.25, 0.3) is 0 Å². The first kappa shape index (κ1) is 15.6. The largest absolute Gasteiger partial charge is 0.486 e. The summed E-state index contributed by atoms with van der Waals surface area (Å²) in [4.78, 5) is 16.2. The first-order chi connectivity index (χ1) is 10.6. The highest BCUT2D eigenvalue weighted by Gasteiger charge is 2.20. The Morgan fingerprint density at radius 2 is 1.86 bits per heavy atom. The van der Waals surface area contributed by atoms with Crippen molar-refractivity contribution in [3.63, 3.8) is 0 Å². The molecule has 0 saturated carbocycles. The van der Waals surface area contributed by atoms with Crippen LogP contribution in [0.5, 0.6) is 11.5 Å². The molecule has 1 aromatic carbocycles. The predicted molar refractivity (Wildman–Crippen MR) is 87.3 cm³/mol. The minimum Gasteiger partial charge on any atom is -0.486 e. The summed E-state index contributed by atoms with van der Waals surface area (Å²) < 4.78 is 12.2. The number of carbonyl (C=O) groups is 1. The number of likely N-dealkylation sites (tertiary alicyclic amines) is 1. The molecule has 0 N–H and O–H groups in total. The number of benzene rings is 1. The third kappa shape index (κ3) is 3.55. The Morgan fingerprint density at radius 3 is 2.55 bits per heavy atom. The van der Waals surface area contributed by atoms with E-state index < -0.39 is 0 Å². The first-order valence-corrected chi connectivity index (χ1v) is 8.47. The van der Waals surface area contributed by atoms with Gasteiger partial charge in [0.15, 0.2) is 11.5 Å². The van der Waals surface area contributed by atoms with E-state index in [1.54, 1.807) is 0 Å². The summed E-state index contributed by atoms with van der Waals surface area (Å²) in [6.07, 6.45) is 2.26. The molecule has 0 radical (unpaired) electrons. The maximum atomic E-state index is 12.2. The van der Waals surface area contributed by atoms with E-state index in [-0.39, 0.29) is 5.91 Å². The van der Waals surface area contributed by atoms with Crippen molar-refractivity contribution in [2.45, 2.75) is 19.4 Å². The van der Waals surface area contributed by atoms with Gasteiger partial charge >= 0.3 is 0 Å². The highest BCUT2D eigenvalue weighted by molar-refractivity contribution is 9.10. The summed E-state index contributed by atoms with van der Waals surface area (Å²) in [7, 11) is 1.97. The van der Waals surface area contributed by atoms with Crippen LogP contribution in [0.2, 0.25) is 0 Å². The minimum absolute atomic E-state index is 0.216. The standard InChI is InChI=1S/C16H21BrN2O3/c1-18(11-16(20)19-4-2-3-5-19)10-12-8-14-15(9-13(12)17)22-7-6-21-14/h8-9H,2-7,10-11H2,1H3. The third-order valence-corrected chi connectivity index (χ3v) is 4.75. The highest BCUT2D eigenvalue weighted by Crippen LogP contribution is 2.35. The molecular weight excluding hydrogens is 348 g/mol. The number of likely N-dealkylation sites (N-methyl/N-ethyl adjacent to an activating group) is 1. The van der Waals surface area contributed by atoms with E-state index in [0.717, 1.165) is 47.5 Å². The number of hydrogen-bond donors (Lipinski definition) is 0. The molecule has 1 fully saturated rings. The zero-order valence-corrected chi connectivity index (χ0v) is 14.4. The number of carbonyl (C=O) groups excluding carboxylic acids is 1. The summed E-state index contributed by atoms with van der Waals surface area (Å²) in [6.45, 7) is 4.11. The second-order valence-electron chi connectivity index (χ2n) is 5.85. The van der Waals surface area contributed by atoms with Gasteiger partial charge in [-0.3, -0.25) is 9.69 Å². The number of fused-ring (bicyclic) bond motifs is 1. The lowest BCUT2D eigenvalue weighted by atomic mass is 10.2. The molecule has 0 aliphatic carbocycles. The molecule has 3 rings (SSSR count). The molecule has 2 aliphatic heterocycles. The summed E-state index contributed by atoms with van der Waals surface area (Å²) in [5.74, 6) is 1.77. The van der Waals surface area contributed by atoms with E-state index in [0.29, 0.717) is 26.3 Å². The number of amides is 1. The van der Waals surface area contributed by atoms with Crippen molar-refractivity contribution in [2.75, 3.05) is 39.9 Å². The van der Waals surface area contributed by atoms with Gasteiger partial charge in [0.05, 0.1) is 6.54 Å². The Balaban J connectivity index is 1.63. The van der Waals surface area contributed by atoms with E-state index in [2.05, 4.69) is 15.9 Å². The lowest BCUT2D eigenvalue weighted by molar-refractivity contribution is -0.131. The number of hydrogen-bond acceptors (Lipinski definition) is 4. The summed E-state index contributed by atoms with van der Waals surface area (Å²) in [6, 6.07) is 3.94. The van der Waals surface area contributed by atoms with E-state index in [1.165, 1.54) is 0 Å². The Kier molecular flexibility index (Phi) is 4.88. The summed E-state index contributed by atoms with van der Waals surface area (Å²) >= 11 is 3.58. The van der Waals surface area contributed by atoms with Crippen LogP contribution in [0.3, 0.4) is 0 Å². The Morgan fingerprint density at radius 1 is 1.23 bits per heavy atom. The van der Waals surface area contributed by atoms with Crippen LogP contribution in [-0.4, -0.2) is 55.6 Å². The molecule has 1 saturated heterocycles. The smallest absolute Gasteiger partial charge is 0.236 e. The van der Waals surface area contributed by atoms with E-state index in [4.69, 9.17) is 9.47 Å². The van der Waals surface area contributed by atoms with Gasteiger partial charge < -0.3 is 14.4 Å². The van der Waals surface area contributed by atoms with Gasteiger partial charge in [-0.15, -0.1) is 0 Å². The van der Waals surface area contributed by atoms with E-state index in [1.807, 2.05) is 29.0 Å². The molecule has 0 unspecified atom stereocenters. The molecule has 0 aromatic heterocycles. The van der Waals surface area contributed by atoms with Crippen molar-refractivity contribution in [2.24, 2.45) is 0 Å². The van der Waals surface area contributed by atoms with Crippen LogP contribution in [0, 0.1) is 0 Å². The molecule has 5 nitrogen and oxygen atoms in total. The van der Waals surface area contributed by atoms with Gasteiger partial charge in [0, 0.05) is 24.1 Å². The Bertz CT molecular complexity index is 559. The molecular formula is C16H21BrN2O3. The number of rotatable bonds is 4. The molecule has 2 aliphatic rings. The van der Waals surface area contributed by atoms with Gasteiger partial charge in [0.2, 0.25) is 5.91 Å². The van der Waals surface area contributed by atoms with Crippen molar-refractivity contribution in [1.29, 1.82) is 0 Å². The van der Waals surface area contributed by atoms with Crippen LogP contribution in [-0.2, 0) is 11.3 Å². The molecule has 22 heavy (non-hydrogen) atoms.